The normalized spacial score (nSPS) is 24.8. The standard InChI is InChI=1S/C17H21N3O/c1-4-5-6-12-13-9-18-14-7-11(10(2)3)8-15(16(13)14)19-20-17(12)21/h4-6,10-11,18H,1,7-9H2,2-3H3,(H,20,21)/b6-5-. The van der Waals surface area contributed by atoms with Crippen molar-refractivity contribution >= 4 is 11.6 Å². The van der Waals surface area contributed by atoms with Gasteiger partial charge in [0.2, 0.25) is 0 Å². The predicted octanol–water partition coefficient (Wildman–Crippen LogP) is 2.43. The van der Waals surface area contributed by atoms with Gasteiger partial charge in [-0.05, 0) is 36.3 Å². The topological polar surface area (TPSA) is 53.5 Å². The molecule has 2 aliphatic heterocycles. The van der Waals surface area contributed by atoms with Crippen molar-refractivity contribution in [2.75, 3.05) is 6.54 Å². The highest BCUT2D eigenvalue weighted by atomic mass is 16.2. The van der Waals surface area contributed by atoms with Crippen LogP contribution in [0.15, 0.2) is 52.3 Å². The molecule has 4 heteroatoms. The molecule has 0 radical (unpaired) electrons. The number of hydrogen-bond donors (Lipinski definition) is 2. The Morgan fingerprint density at radius 3 is 2.90 bits per heavy atom. The molecule has 0 fully saturated rings. The Bertz CT molecular complexity index is 620. The van der Waals surface area contributed by atoms with E-state index in [2.05, 4.69) is 36.3 Å². The van der Waals surface area contributed by atoms with Crippen LogP contribution < -0.4 is 10.7 Å². The van der Waals surface area contributed by atoms with Gasteiger partial charge in [-0.25, -0.2) is 5.43 Å². The number of rotatable bonds is 3. The fourth-order valence-electron chi connectivity index (χ4n) is 3.22. The Hall–Kier alpha value is -2.10. The summed E-state index contributed by atoms with van der Waals surface area (Å²) in [5.41, 5.74) is 7.87. The van der Waals surface area contributed by atoms with Gasteiger partial charge in [0.25, 0.3) is 5.91 Å². The SMILES string of the molecule is C=C/C=C\C1=C2CNC3=C2C(=NNC1=O)CC(C(C)C)C3. The number of allylic oxidation sites excluding steroid dienone is 3. The minimum Gasteiger partial charge on any atom is -0.384 e. The first-order chi connectivity index (χ1) is 10.1. The predicted molar refractivity (Wildman–Crippen MR) is 84.5 cm³/mol. The molecule has 0 aromatic rings. The van der Waals surface area contributed by atoms with Crippen molar-refractivity contribution in [1.82, 2.24) is 10.7 Å². The van der Waals surface area contributed by atoms with Gasteiger partial charge in [-0.3, -0.25) is 4.79 Å². The lowest BCUT2D eigenvalue weighted by Crippen LogP contribution is -2.26. The number of carbonyl (C=O) groups is 1. The van der Waals surface area contributed by atoms with Crippen LogP contribution in [0.4, 0.5) is 0 Å². The highest BCUT2D eigenvalue weighted by Gasteiger charge is 2.36. The average molecular weight is 283 g/mol. The van der Waals surface area contributed by atoms with Crippen LogP contribution in [0.5, 0.6) is 0 Å². The van der Waals surface area contributed by atoms with Crippen molar-refractivity contribution in [3.05, 3.63) is 47.2 Å². The van der Waals surface area contributed by atoms with Crippen molar-refractivity contribution in [2.24, 2.45) is 16.9 Å². The van der Waals surface area contributed by atoms with E-state index in [-0.39, 0.29) is 5.91 Å². The molecular weight excluding hydrogens is 262 g/mol. The van der Waals surface area contributed by atoms with E-state index in [0.29, 0.717) is 24.0 Å². The summed E-state index contributed by atoms with van der Waals surface area (Å²) in [6, 6.07) is 0. The zero-order valence-corrected chi connectivity index (χ0v) is 12.6. The Labute approximate surface area is 125 Å². The number of carbonyl (C=O) groups excluding carboxylic acids is 1. The van der Waals surface area contributed by atoms with Crippen LogP contribution in [0, 0.1) is 11.8 Å². The number of hydrogen-bond acceptors (Lipinski definition) is 3. The molecule has 3 aliphatic rings. The molecule has 21 heavy (non-hydrogen) atoms. The summed E-state index contributed by atoms with van der Waals surface area (Å²) in [6.45, 7) is 8.87. The maximum Gasteiger partial charge on any atom is 0.271 e. The largest absolute Gasteiger partial charge is 0.384 e. The van der Waals surface area contributed by atoms with Gasteiger partial charge in [-0.1, -0.05) is 32.6 Å². The molecule has 0 saturated heterocycles. The second kappa shape index (κ2) is 5.35. The van der Waals surface area contributed by atoms with Gasteiger partial charge in [0.1, 0.15) is 0 Å². The molecule has 0 spiro atoms. The Morgan fingerprint density at radius 2 is 2.19 bits per heavy atom. The quantitative estimate of drug-likeness (QED) is 0.782. The number of nitrogens with one attached hydrogen (secondary N) is 2. The van der Waals surface area contributed by atoms with E-state index in [1.807, 2.05) is 6.08 Å². The summed E-state index contributed by atoms with van der Waals surface area (Å²) in [6.07, 6.45) is 7.27. The van der Waals surface area contributed by atoms with Crippen LogP contribution in [0.1, 0.15) is 26.7 Å². The van der Waals surface area contributed by atoms with Crippen LogP contribution in [0.2, 0.25) is 0 Å². The molecule has 0 saturated carbocycles. The van der Waals surface area contributed by atoms with Crippen molar-refractivity contribution in [3.63, 3.8) is 0 Å². The number of nitrogens with zero attached hydrogens (tertiary/aromatic N) is 1. The van der Waals surface area contributed by atoms with Crippen LogP contribution in [-0.2, 0) is 4.79 Å². The molecule has 1 atom stereocenters. The van der Waals surface area contributed by atoms with E-state index in [4.69, 9.17) is 0 Å². The first-order valence-corrected chi connectivity index (χ1v) is 7.48. The zero-order chi connectivity index (χ0) is 15.0. The highest BCUT2D eigenvalue weighted by molar-refractivity contribution is 6.12. The van der Waals surface area contributed by atoms with Gasteiger partial charge in [-0.2, -0.15) is 5.10 Å². The summed E-state index contributed by atoms with van der Waals surface area (Å²) in [4.78, 5) is 12.3. The zero-order valence-electron chi connectivity index (χ0n) is 12.6. The first-order valence-electron chi connectivity index (χ1n) is 7.48. The van der Waals surface area contributed by atoms with Gasteiger partial charge in [0.15, 0.2) is 0 Å². The lowest BCUT2D eigenvalue weighted by Gasteiger charge is -2.27. The van der Waals surface area contributed by atoms with E-state index < -0.39 is 0 Å². The fraction of sp³-hybridized carbons (Fsp3) is 0.412. The summed E-state index contributed by atoms with van der Waals surface area (Å²) in [5.74, 6) is 1.05. The fourth-order valence-corrected chi connectivity index (χ4v) is 3.22. The summed E-state index contributed by atoms with van der Waals surface area (Å²) in [5, 5.41) is 7.85. The van der Waals surface area contributed by atoms with Crippen molar-refractivity contribution in [2.45, 2.75) is 26.7 Å². The van der Waals surface area contributed by atoms with Gasteiger partial charge in [-0.15, -0.1) is 0 Å². The van der Waals surface area contributed by atoms with Gasteiger partial charge >= 0.3 is 0 Å². The van der Waals surface area contributed by atoms with Crippen molar-refractivity contribution in [3.8, 4) is 0 Å². The highest BCUT2D eigenvalue weighted by Crippen LogP contribution is 2.39. The maximum absolute atomic E-state index is 12.3. The first kappa shape index (κ1) is 13.9. The van der Waals surface area contributed by atoms with Crippen LogP contribution in [-0.4, -0.2) is 18.2 Å². The summed E-state index contributed by atoms with van der Waals surface area (Å²) >= 11 is 0. The van der Waals surface area contributed by atoms with Crippen molar-refractivity contribution in [1.29, 1.82) is 0 Å². The lowest BCUT2D eigenvalue weighted by atomic mass is 9.78. The van der Waals surface area contributed by atoms with E-state index in [9.17, 15) is 4.79 Å². The molecule has 2 heterocycles. The molecule has 1 amide bonds. The maximum atomic E-state index is 12.3. The Morgan fingerprint density at radius 1 is 1.38 bits per heavy atom. The third-order valence-electron chi connectivity index (χ3n) is 4.50. The lowest BCUT2D eigenvalue weighted by molar-refractivity contribution is -0.117. The van der Waals surface area contributed by atoms with E-state index in [1.54, 1.807) is 12.2 Å². The molecule has 0 aromatic heterocycles. The monoisotopic (exact) mass is 283 g/mol. The smallest absolute Gasteiger partial charge is 0.271 e. The van der Waals surface area contributed by atoms with Crippen LogP contribution in [0.3, 0.4) is 0 Å². The molecule has 1 unspecified atom stereocenters. The summed E-state index contributed by atoms with van der Waals surface area (Å²) in [7, 11) is 0. The molecule has 0 aromatic carbocycles. The van der Waals surface area contributed by atoms with E-state index >= 15 is 0 Å². The molecule has 4 nitrogen and oxygen atoms in total. The van der Waals surface area contributed by atoms with Gasteiger partial charge in [0, 0.05) is 23.4 Å². The average Bonchev–Trinajstić information content (AvgIpc) is 2.83. The number of amides is 1. The minimum atomic E-state index is -0.137. The molecule has 2 N–H and O–H groups in total. The second-order valence-corrected chi connectivity index (χ2v) is 6.11. The van der Waals surface area contributed by atoms with Crippen LogP contribution >= 0.6 is 0 Å². The molecule has 3 rings (SSSR count). The molecule has 0 bridgehead atoms. The Kier molecular flexibility index (Phi) is 3.53. The molecule has 1 aliphatic carbocycles. The minimum absolute atomic E-state index is 0.137. The van der Waals surface area contributed by atoms with E-state index in [1.165, 1.54) is 5.70 Å². The Balaban J connectivity index is 2.09. The third-order valence-corrected chi connectivity index (χ3v) is 4.50. The molecular formula is C17H21N3O. The van der Waals surface area contributed by atoms with Gasteiger partial charge < -0.3 is 5.32 Å². The van der Waals surface area contributed by atoms with Gasteiger partial charge in [0.05, 0.1) is 5.71 Å². The third kappa shape index (κ3) is 2.35. The van der Waals surface area contributed by atoms with Crippen molar-refractivity contribution < 1.29 is 4.79 Å². The second-order valence-electron chi connectivity index (χ2n) is 6.11. The molecule has 110 valence electrons. The van der Waals surface area contributed by atoms with Crippen LogP contribution in [0.25, 0.3) is 0 Å². The summed E-state index contributed by atoms with van der Waals surface area (Å²) < 4.78 is 0. The van der Waals surface area contributed by atoms with E-state index in [0.717, 1.165) is 29.7 Å². The number of hydrazone groups is 1.